The molecule has 1 fully saturated rings. The number of hydrogen-bond acceptors (Lipinski definition) is 3. The number of amides is 1. The quantitative estimate of drug-likeness (QED) is 0.764. The van der Waals surface area contributed by atoms with Crippen molar-refractivity contribution in [1.82, 2.24) is 9.62 Å². The monoisotopic (exact) mass is 354 g/mol. The van der Waals surface area contributed by atoms with Gasteiger partial charge < -0.3 is 10.2 Å². The zero-order chi connectivity index (χ0) is 17.9. The van der Waals surface area contributed by atoms with Gasteiger partial charge in [0.15, 0.2) is 6.04 Å². The number of rotatable bonds is 5. The number of piperazine rings is 1. The van der Waals surface area contributed by atoms with Crippen molar-refractivity contribution in [3.05, 3.63) is 29.3 Å². The van der Waals surface area contributed by atoms with Crippen LogP contribution in [0.2, 0.25) is 0 Å². The van der Waals surface area contributed by atoms with Crippen LogP contribution in [0.5, 0.6) is 0 Å². The molecule has 0 radical (unpaired) electrons. The first-order valence-corrected chi connectivity index (χ1v) is 9.91. The summed E-state index contributed by atoms with van der Waals surface area (Å²) in [5, 5.41) is 2.83. The topological polar surface area (TPSA) is 70.9 Å². The number of carbonyl (C=O) groups is 1. The Bertz CT molecular complexity index is 695. The van der Waals surface area contributed by atoms with Gasteiger partial charge in [0.25, 0.3) is 5.91 Å². The molecule has 1 amide bonds. The molecule has 1 aromatic carbocycles. The average Bonchev–Trinajstić information content (AvgIpc) is 2.56. The summed E-state index contributed by atoms with van der Waals surface area (Å²) in [6.07, 6.45) is 0. The molecular formula is C17H28N3O3S+. The van der Waals surface area contributed by atoms with Crippen LogP contribution >= 0.6 is 0 Å². The van der Waals surface area contributed by atoms with Crippen molar-refractivity contribution >= 4 is 15.9 Å². The Morgan fingerprint density at radius 1 is 1.29 bits per heavy atom. The highest BCUT2D eigenvalue weighted by Crippen LogP contribution is 2.21. The van der Waals surface area contributed by atoms with E-state index in [9.17, 15) is 13.2 Å². The molecule has 0 bridgehead atoms. The van der Waals surface area contributed by atoms with Gasteiger partial charge in [0, 0.05) is 6.54 Å². The SMILES string of the molecule is CCNC(=O)[C@H](C)[NH+]1CCN(S(=O)(=O)c2cc(C)ccc2C)CC1. The molecule has 0 aliphatic carbocycles. The number of nitrogens with one attached hydrogen (secondary N) is 2. The summed E-state index contributed by atoms with van der Waals surface area (Å²) in [5.41, 5.74) is 1.71. The lowest BCUT2D eigenvalue weighted by atomic mass is 10.2. The van der Waals surface area contributed by atoms with Gasteiger partial charge >= 0.3 is 0 Å². The van der Waals surface area contributed by atoms with E-state index in [1.165, 1.54) is 0 Å². The number of nitrogens with zero attached hydrogens (tertiary/aromatic N) is 1. The molecule has 134 valence electrons. The van der Waals surface area contributed by atoms with Crippen LogP contribution in [0, 0.1) is 13.8 Å². The summed E-state index contributed by atoms with van der Waals surface area (Å²) in [6, 6.07) is 5.35. The third kappa shape index (κ3) is 3.96. The zero-order valence-corrected chi connectivity index (χ0v) is 15.7. The van der Waals surface area contributed by atoms with Gasteiger partial charge in [-0.05, 0) is 44.9 Å². The van der Waals surface area contributed by atoms with E-state index in [4.69, 9.17) is 0 Å². The minimum atomic E-state index is -3.48. The highest BCUT2D eigenvalue weighted by Gasteiger charge is 2.34. The van der Waals surface area contributed by atoms with Crippen molar-refractivity contribution in [1.29, 1.82) is 0 Å². The maximum atomic E-state index is 12.9. The van der Waals surface area contributed by atoms with Gasteiger partial charge in [-0.1, -0.05) is 12.1 Å². The summed E-state index contributed by atoms with van der Waals surface area (Å²) in [7, 11) is -3.48. The molecule has 2 N–H and O–H groups in total. The second-order valence-electron chi connectivity index (χ2n) is 6.45. The molecule has 0 aromatic heterocycles. The third-order valence-corrected chi connectivity index (χ3v) is 6.72. The van der Waals surface area contributed by atoms with Gasteiger partial charge in [-0.25, -0.2) is 8.42 Å². The Morgan fingerprint density at radius 3 is 2.50 bits per heavy atom. The molecule has 1 heterocycles. The number of aryl methyl sites for hydroxylation is 2. The van der Waals surface area contributed by atoms with E-state index in [-0.39, 0.29) is 11.9 Å². The van der Waals surface area contributed by atoms with E-state index in [2.05, 4.69) is 5.32 Å². The summed E-state index contributed by atoms with van der Waals surface area (Å²) in [6.45, 7) is 10.3. The second-order valence-corrected chi connectivity index (χ2v) is 8.35. The number of likely N-dealkylation sites (N-methyl/N-ethyl adjacent to an activating group) is 1. The Hall–Kier alpha value is -1.44. The standard InChI is InChI=1S/C17H27N3O3S/c1-5-18-17(21)15(4)19-8-10-20(11-9-19)24(22,23)16-12-13(2)6-7-14(16)3/h6-7,12,15H,5,8-11H2,1-4H3,(H,18,21)/p+1/t15-/m0/s1. The molecule has 6 nitrogen and oxygen atoms in total. The van der Waals surface area contributed by atoms with Gasteiger partial charge in [0.2, 0.25) is 10.0 Å². The lowest BCUT2D eigenvalue weighted by Crippen LogP contribution is -3.19. The van der Waals surface area contributed by atoms with E-state index in [1.807, 2.05) is 39.8 Å². The normalized spacial score (nSPS) is 18.3. The van der Waals surface area contributed by atoms with Gasteiger partial charge in [0.05, 0.1) is 31.1 Å². The fraction of sp³-hybridized carbons (Fsp3) is 0.588. The predicted molar refractivity (Wildman–Crippen MR) is 93.5 cm³/mol. The van der Waals surface area contributed by atoms with Crippen LogP contribution in [-0.4, -0.2) is 57.4 Å². The Balaban J connectivity index is 2.08. The van der Waals surface area contributed by atoms with Crippen LogP contribution in [0.3, 0.4) is 0 Å². The van der Waals surface area contributed by atoms with Crippen LogP contribution in [0.15, 0.2) is 23.1 Å². The molecule has 0 spiro atoms. The predicted octanol–water partition coefficient (Wildman–Crippen LogP) is -0.283. The summed E-state index contributed by atoms with van der Waals surface area (Å²) >= 11 is 0. The highest BCUT2D eigenvalue weighted by atomic mass is 32.2. The first-order chi connectivity index (χ1) is 11.3. The molecule has 1 aliphatic heterocycles. The van der Waals surface area contributed by atoms with Crippen molar-refractivity contribution in [2.24, 2.45) is 0 Å². The van der Waals surface area contributed by atoms with Crippen LogP contribution in [0.25, 0.3) is 0 Å². The largest absolute Gasteiger partial charge is 0.351 e. The summed E-state index contributed by atoms with van der Waals surface area (Å²) < 4.78 is 27.4. The molecule has 0 saturated carbocycles. The van der Waals surface area contributed by atoms with Crippen molar-refractivity contribution < 1.29 is 18.1 Å². The molecule has 2 rings (SSSR count). The molecule has 0 unspecified atom stereocenters. The fourth-order valence-electron chi connectivity index (χ4n) is 3.08. The van der Waals surface area contributed by atoms with E-state index in [1.54, 1.807) is 10.4 Å². The molecule has 1 aromatic rings. The van der Waals surface area contributed by atoms with E-state index >= 15 is 0 Å². The van der Waals surface area contributed by atoms with Gasteiger partial charge in [-0.15, -0.1) is 0 Å². The molecule has 1 atom stereocenters. The molecule has 1 saturated heterocycles. The Morgan fingerprint density at radius 2 is 1.92 bits per heavy atom. The number of quaternary nitrogens is 1. The molecular weight excluding hydrogens is 326 g/mol. The maximum Gasteiger partial charge on any atom is 0.278 e. The average molecular weight is 354 g/mol. The smallest absolute Gasteiger partial charge is 0.278 e. The number of hydrogen-bond donors (Lipinski definition) is 2. The number of carbonyl (C=O) groups excluding carboxylic acids is 1. The lowest BCUT2D eigenvalue weighted by Gasteiger charge is -2.34. The van der Waals surface area contributed by atoms with Crippen molar-refractivity contribution in [2.75, 3.05) is 32.7 Å². The van der Waals surface area contributed by atoms with E-state index in [0.29, 0.717) is 37.6 Å². The number of sulfonamides is 1. The second kappa shape index (κ2) is 7.63. The van der Waals surface area contributed by atoms with Crippen LogP contribution in [-0.2, 0) is 14.8 Å². The van der Waals surface area contributed by atoms with Crippen LogP contribution in [0.1, 0.15) is 25.0 Å². The molecule has 1 aliphatic rings. The fourth-order valence-corrected chi connectivity index (χ4v) is 4.84. The maximum absolute atomic E-state index is 12.9. The summed E-state index contributed by atoms with van der Waals surface area (Å²) in [5.74, 6) is 0.0262. The number of benzene rings is 1. The van der Waals surface area contributed by atoms with Gasteiger partial charge in [0.1, 0.15) is 0 Å². The third-order valence-electron chi connectivity index (χ3n) is 4.68. The Labute approximate surface area is 144 Å². The van der Waals surface area contributed by atoms with Crippen molar-refractivity contribution in [3.8, 4) is 0 Å². The molecule has 7 heteroatoms. The first kappa shape index (κ1) is 18.9. The van der Waals surface area contributed by atoms with Gasteiger partial charge in [-0.3, -0.25) is 4.79 Å². The minimum Gasteiger partial charge on any atom is -0.351 e. The van der Waals surface area contributed by atoms with Crippen molar-refractivity contribution in [2.45, 2.75) is 38.6 Å². The lowest BCUT2D eigenvalue weighted by molar-refractivity contribution is -0.917. The molecule has 24 heavy (non-hydrogen) atoms. The first-order valence-electron chi connectivity index (χ1n) is 8.47. The van der Waals surface area contributed by atoms with Crippen molar-refractivity contribution in [3.63, 3.8) is 0 Å². The van der Waals surface area contributed by atoms with Crippen LogP contribution < -0.4 is 10.2 Å². The minimum absolute atomic E-state index is 0.0262. The Kier molecular flexibility index (Phi) is 6.01. The summed E-state index contributed by atoms with van der Waals surface area (Å²) in [4.78, 5) is 13.5. The van der Waals surface area contributed by atoms with E-state index < -0.39 is 10.0 Å². The highest BCUT2D eigenvalue weighted by molar-refractivity contribution is 7.89. The van der Waals surface area contributed by atoms with Crippen LogP contribution in [0.4, 0.5) is 0 Å². The zero-order valence-electron chi connectivity index (χ0n) is 14.9. The van der Waals surface area contributed by atoms with Gasteiger partial charge in [-0.2, -0.15) is 4.31 Å². The van der Waals surface area contributed by atoms with E-state index in [0.717, 1.165) is 16.0 Å².